The molecule has 0 spiro atoms. The van der Waals surface area contributed by atoms with Crippen LogP contribution in [0.4, 0.5) is 9.18 Å². The SMILES string of the molecule is CCCCCCCCCCCCc1c[nH]c(C(=O)OC(C)OC(=O)OCCOCCOCC)c1F. The maximum Gasteiger partial charge on any atom is 0.511 e. The lowest BCUT2D eigenvalue weighted by molar-refractivity contribution is -0.0855. The van der Waals surface area contributed by atoms with Gasteiger partial charge in [-0.15, -0.1) is 0 Å². The first-order valence-electron chi connectivity index (χ1n) is 13.0. The van der Waals surface area contributed by atoms with Crippen molar-refractivity contribution >= 4 is 12.1 Å². The van der Waals surface area contributed by atoms with Crippen molar-refractivity contribution in [2.45, 2.75) is 97.7 Å². The molecule has 0 saturated carbocycles. The number of rotatable bonds is 21. The van der Waals surface area contributed by atoms with Crippen LogP contribution in [0, 0.1) is 5.82 Å². The molecule has 0 fully saturated rings. The molecule has 0 aliphatic rings. The quantitative estimate of drug-likeness (QED) is 0.119. The molecule has 1 unspecified atom stereocenters. The van der Waals surface area contributed by atoms with Crippen molar-refractivity contribution in [3.8, 4) is 0 Å². The number of esters is 1. The van der Waals surface area contributed by atoms with Gasteiger partial charge in [-0.1, -0.05) is 64.7 Å². The number of hydrogen-bond donors (Lipinski definition) is 1. The Morgan fingerprint density at radius 3 is 2.11 bits per heavy atom. The number of carbonyl (C=O) groups excluding carboxylic acids is 2. The summed E-state index contributed by atoms with van der Waals surface area (Å²) in [7, 11) is 0. The van der Waals surface area contributed by atoms with Crippen molar-refractivity contribution in [3.63, 3.8) is 0 Å². The molecule has 0 aliphatic carbocycles. The average Bonchev–Trinajstić information content (AvgIpc) is 3.19. The zero-order valence-corrected chi connectivity index (χ0v) is 21.7. The van der Waals surface area contributed by atoms with E-state index in [9.17, 15) is 14.0 Å². The van der Waals surface area contributed by atoms with Crippen molar-refractivity contribution in [2.24, 2.45) is 0 Å². The van der Waals surface area contributed by atoms with Crippen LogP contribution in [0.1, 0.15) is 101 Å². The van der Waals surface area contributed by atoms with Crippen LogP contribution in [0.2, 0.25) is 0 Å². The number of H-pyrrole nitrogens is 1. The highest BCUT2D eigenvalue weighted by Gasteiger charge is 2.22. The van der Waals surface area contributed by atoms with Crippen molar-refractivity contribution in [2.75, 3.05) is 33.0 Å². The third-order valence-electron chi connectivity index (χ3n) is 5.45. The predicted octanol–water partition coefficient (Wildman–Crippen LogP) is 6.33. The smallest absolute Gasteiger partial charge is 0.432 e. The zero-order chi connectivity index (χ0) is 25.7. The molecule has 202 valence electrons. The summed E-state index contributed by atoms with van der Waals surface area (Å²) in [5.41, 5.74) is 0.174. The van der Waals surface area contributed by atoms with Crippen LogP contribution in [0.25, 0.3) is 0 Å². The van der Waals surface area contributed by atoms with Crippen molar-refractivity contribution in [1.29, 1.82) is 0 Å². The largest absolute Gasteiger partial charge is 0.511 e. The standard InChI is InChI=1S/C26H44FNO7/c1-4-6-7-8-9-10-11-12-13-14-15-22-20-28-24(23(22)27)25(29)34-21(3)35-26(30)33-19-18-32-17-16-31-5-2/h20-21,28H,4-19H2,1-3H3. The fraction of sp³-hybridized carbons (Fsp3) is 0.769. The molecule has 0 aliphatic heterocycles. The van der Waals surface area contributed by atoms with E-state index < -0.39 is 24.2 Å². The number of aryl methyl sites for hydroxylation is 1. The van der Waals surface area contributed by atoms with E-state index in [0.29, 0.717) is 31.8 Å². The highest BCUT2D eigenvalue weighted by Crippen LogP contribution is 2.18. The molecule has 1 aromatic rings. The molecule has 0 radical (unpaired) electrons. The van der Waals surface area contributed by atoms with E-state index >= 15 is 0 Å². The molecule has 9 heteroatoms. The summed E-state index contributed by atoms with van der Waals surface area (Å²) >= 11 is 0. The highest BCUT2D eigenvalue weighted by atomic mass is 19.1. The summed E-state index contributed by atoms with van der Waals surface area (Å²) in [6.45, 7) is 7.09. The summed E-state index contributed by atoms with van der Waals surface area (Å²) in [6.07, 6.45) is 11.8. The van der Waals surface area contributed by atoms with Gasteiger partial charge in [0.1, 0.15) is 6.61 Å². The third-order valence-corrected chi connectivity index (χ3v) is 5.45. The Morgan fingerprint density at radius 2 is 1.46 bits per heavy atom. The van der Waals surface area contributed by atoms with Gasteiger partial charge in [0.05, 0.1) is 19.8 Å². The lowest BCUT2D eigenvalue weighted by Crippen LogP contribution is -2.24. The predicted molar refractivity (Wildman–Crippen MR) is 131 cm³/mol. The van der Waals surface area contributed by atoms with Crippen LogP contribution < -0.4 is 0 Å². The van der Waals surface area contributed by atoms with E-state index in [2.05, 4.69) is 11.9 Å². The van der Waals surface area contributed by atoms with Crippen LogP contribution in [0.15, 0.2) is 6.20 Å². The molecule has 1 heterocycles. The van der Waals surface area contributed by atoms with Crippen LogP contribution in [-0.2, 0) is 30.1 Å². The van der Waals surface area contributed by atoms with E-state index in [1.165, 1.54) is 58.1 Å². The first-order valence-corrected chi connectivity index (χ1v) is 13.0. The molecule has 1 atom stereocenters. The number of aromatic nitrogens is 1. The van der Waals surface area contributed by atoms with E-state index in [1.807, 2.05) is 6.92 Å². The number of nitrogens with one attached hydrogen (secondary N) is 1. The molecule has 0 amide bonds. The van der Waals surface area contributed by atoms with Crippen LogP contribution in [0.5, 0.6) is 0 Å². The molecule has 35 heavy (non-hydrogen) atoms. The Bertz CT molecular complexity index is 695. The Balaban J connectivity index is 2.20. The van der Waals surface area contributed by atoms with Gasteiger partial charge in [0, 0.05) is 25.3 Å². The highest BCUT2D eigenvalue weighted by molar-refractivity contribution is 5.88. The van der Waals surface area contributed by atoms with Gasteiger partial charge in [-0.2, -0.15) is 0 Å². The minimum Gasteiger partial charge on any atom is -0.432 e. The van der Waals surface area contributed by atoms with Gasteiger partial charge < -0.3 is 28.7 Å². The summed E-state index contributed by atoms with van der Waals surface area (Å²) in [5.74, 6) is -1.55. The number of ether oxygens (including phenoxy) is 5. The molecule has 1 N–H and O–H groups in total. The van der Waals surface area contributed by atoms with Gasteiger partial charge in [-0.25, -0.2) is 14.0 Å². The minimum absolute atomic E-state index is 0.0147. The maximum atomic E-state index is 14.6. The summed E-state index contributed by atoms with van der Waals surface area (Å²) in [4.78, 5) is 26.5. The molecule has 0 bridgehead atoms. The summed E-state index contributed by atoms with van der Waals surface area (Å²) < 4.78 is 39.6. The lowest BCUT2D eigenvalue weighted by Gasteiger charge is -2.13. The van der Waals surface area contributed by atoms with E-state index in [1.54, 1.807) is 0 Å². The number of carbonyl (C=O) groups is 2. The minimum atomic E-state index is -1.23. The van der Waals surface area contributed by atoms with E-state index in [0.717, 1.165) is 19.3 Å². The van der Waals surface area contributed by atoms with E-state index in [-0.39, 0.29) is 18.9 Å². The molecule has 8 nitrogen and oxygen atoms in total. The first kappa shape index (κ1) is 30.9. The number of halogens is 1. The molecular weight excluding hydrogens is 457 g/mol. The Morgan fingerprint density at radius 1 is 0.857 bits per heavy atom. The second kappa shape index (κ2) is 20.1. The van der Waals surface area contributed by atoms with E-state index in [4.69, 9.17) is 23.7 Å². The maximum absolute atomic E-state index is 14.6. The zero-order valence-electron chi connectivity index (χ0n) is 21.7. The van der Waals surface area contributed by atoms with Crippen LogP contribution >= 0.6 is 0 Å². The molecular formula is C26H44FNO7. The second-order valence-electron chi connectivity index (χ2n) is 8.43. The summed E-state index contributed by atoms with van der Waals surface area (Å²) in [6, 6.07) is 0. The normalized spacial score (nSPS) is 11.9. The fourth-order valence-electron chi connectivity index (χ4n) is 3.53. The topological polar surface area (TPSA) is 96.1 Å². The van der Waals surface area contributed by atoms with Crippen LogP contribution in [-0.4, -0.2) is 56.4 Å². The van der Waals surface area contributed by atoms with Crippen LogP contribution in [0.3, 0.4) is 0 Å². The van der Waals surface area contributed by atoms with Crippen molar-refractivity contribution in [1.82, 2.24) is 4.98 Å². The van der Waals surface area contributed by atoms with Crippen molar-refractivity contribution < 1.29 is 37.7 Å². The van der Waals surface area contributed by atoms with Crippen molar-refractivity contribution in [3.05, 3.63) is 23.3 Å². The first-order chi connectivity index (χ1) is 17.0. The van der Waals surface area contributed by atoms with Gasteiger partial charge in [-0.3, -0.25) is 0 Å². The number of hydrogen-bond acceptors (Lipinski definition) is 7. The fourth-order valence-corrected chi connectivity index (χ4v) is 3.53. The molecule has 1 rings (SSSR count). The van der Waals surface area contributed by atoms with Gasteiger partial charge in [0.15, 0.2) is 11.5 Å². The van der Waals surface area contributed by atoms with Gasteiger partial charge in [0.2, 0.25) is 6.29 Å². The van der Waals surface area contributed by atoms with Gasteiger partial charge >= 0.3 is 12.1 Å². The molecule has 0 aromatic carbocycles. The monoisotopic (exact) mass is 501 g/mol. The van der Waals surface area contributed by atoms with Gasteiger partial charge in [0.25, 0.3) is 0 Å². The number of unbranched alkanes of at least 4 members (excludes halogenated alkanes) is 9. The Labute approximate surface area is 209 Å². The Kier molecular flexibility index (Phi) is 17.7. The molecule has 0 saturated heterocycles. The van der Waals surface area contributed by atoms with Gasteiger partial charge in [-0.05, 0) is 19.8 Å². The lowest BCUT2D eigenvalue weighted by atomic mass is 10.0. The average molecular weight is 502 g/mol. The third kappa shape index (κ3) is 14.8. The summed E-state index contributed by atoms with van der Waals surface area (Å²) in [5, 5.41) is 0. The number of aromatic amines is 1. The second-order valence-corrected chi connectivity index (χ2v) is 8.43. The Hall–Kier alpha value is -2.13. The molecule has 1 aromatic heterocycles.